The van der Waals surface area contributed by atoms with Gasteiger partial charge in [0.05, 0.1) is 12.8 Å². The number of halogens is 3. The van der Waals surface area contributed by atoms with Gasteiger partial charge in [0.2, 0.25) is 11.9 Å². The van der Waals surface area contributed by atoms with Gasteiger partial charge in [0.1, 0.15) is 17.1 Å². The van der Waals surface area contributed by atoms with E-state index in [0.717, 1.165) is 63.7 Å². The van der Waals surface area contributed by atoms with Gasteiger partial charge in [0.15, 0.2) is 0 Å². The van der Waals surface area contributed by atoms with E-state index in [9.17, 15) is 18.0 Å². The Bertz CT molecular complexity index is 1200. The van der Waals surface area contributed by atoms with Crippen LogP contribution < -0.4 is 25.6 Å². The van der Waals surface area contributed by atoms with Crippen LogP contribution in [0, 0.1) is 5.41 Å². The molecule has 3 fully saturated rings. The predicted octanol–water partition coefficient (Wildman–Crippen LogP) is 4.25. The fourth-order valence-corrected chi connectivity index (χ4v) is 5.99. The van der Waals surface area contributed by atoms with E-state index in [-0.39, 0.29) is 35.2 Å². The Morgan fingerprint density at radius 2 is 1.92 bits per heavy atom. The second-order valence-electron chi connectivity index (χ2n) is 10.9. The molecule has 5 rings (SSSR count). The summed E-state index contributed by atoms with van der Waals surface area (Å²) in [7, 11) is 3.65. The van der Waals surface area contributed by atoms with Gasteiger partial charge in [-0.1, -0.05) is 12.8 Å². The molecule has 3 aliphatic rings. The summed E-state index contributed by atoms with van der Waals surface area (Å²) < 4.78 is 47.3. The van der Waals surface area contributed by atoms with Crippen molar-refractivity contribution in [2.75, 3.05) is 55.9 Å². The monoisotopic (exact) mass is 547 g/mol. The molecule has 1 aromatic carbocycles. The smallest absolute Gasteiger partial charge is 0.421 e. The molecule has 1 amide bonds. The number of hydrogen-bond donors (Lipinski definition) is 3. The SMILES string of the molecule is COc1cc(N2CCN(C)CC2)ccc1Nc1ncc(C(F)(F)F)c(N[C@@H]2CC23CCCC[C@H]3NC(C)=O)n1. The van der Waals surface area contributed by atoms with Crippen molar-refractivity contribution in [1.82, 2.24) is 20.2 Å². The first-order chi connectivity index (χ1) is 18.6. The van der Waals surface area contributed by atoms with Crippen molar-refractivity contribution in [3.63, 3.8) is 0 Å². The summed E-state index contributed by atoms with van der Waals surface area (Å²) in [4.78, 5) is 24.5. The van der Waals surface area contributed by atoms with Crippen LogP contribution in [0.2, 0.25) is 0 Å². The molecule has 212 valence electrons. The maximum absolute atomic E-state index is 13.9. The van der Waals surface area contributed by atoms with E-state index >= 15 is 0 Å². The topological polar surface area (TPSA) is 94.6 Å². The van der Waals surface area contributed by atoms with E-state index in [1.54, 1.807) is 7.11 Å². The van der Waals surface area contributed by atoms with Crippen molar-refractivity contribution in [3.8, 4) is 5.75 Å². The predicted molar refractivity (Wildman–Crippen MR) is 144 cm³/mol. The van der Waals surface area contributed by atoms with Gasteiger partial charge >= 0.3 is 6.18 Å². The van der Waals surface area contributed by atoms with Crippen molar-refractivity contribution >= 4 is 29.0 Å². The number of hydrogen-bond acceptors (Lipinski definition) is 8. The van der Waals surface area contributed by atoms with E-state index in [2.05, 4.69) is 42.8 Å². The van der Waals surface area contributed by atoms with E-state index in [1.165, 1.54) is 6.92 Å². The minimum atomic E-state index is -4.62. The molecule has 1 saturated heterocycles. The van der Waals surface area contributed by atoms with Crippen LogP contribution >= 0.6 is 0 Å². The number of nitrogens with zero attached hydrogens (tertiary/aromatic N) is 4. The van der Waals surface area contributed by atoms with Crippen LogP contribution in [0.15, 0.2) is 24.4 Å². The van der Waals surface area contributed by atoms with Crippen LogP contribution in [0.4, 0.5) is 36.3 Å². The average molecular weight is 548 g/mol. The van der Waals surface area contributed by atoms with Gasteiger partial charge in [0.25, 0.3) is 0 Å². The number of ether oxygens (including phenoxy) is 1. The summed E-state index contributed by atoms with van der Waals surface area (Å²) in [5.41, 5.74) is 0.399. The molecule has 2 aromatic rings. The highest BCUT2D eigenvalue weighted by Crippen LogP contribution is 2.57. The van der Waals surface area contributed by atoms with Crippen molar-refractivity contribution in [1.29, 1.82) is 0 Å². The Hall–Kier alpha value is -3.28. The summed E-state index contributed by atoms with van der Waals surface area (Å²) in [5.74, 6) is 0.199. The molecule has 0 bridgehead atoms. The summed E-state index contributed by atoms with van der Waals surface area (Å²) in [6, 6.07) is 5.43. The molecule has 12 heteroatoms. The van der Waals surface area contributed by atoms with Crippen molar-refractivity contribution in [2.24, 2.45) is 5.41 Å². The Kier molecular flexibility index (Phi) is 7.49. The summed E-state index contributed by atoms with van der Waals surface area (Å²) in [5, 5.41) is 9.12. The van der Waals surface area contributed by atoms with E-state index < -0.39 is 11.7 Å². The number of alkyl halides is 3. The Morgan fingerprint density at radius 3 is 2.62 bits per heavy atom. The van der Waals surface area contributed by atoms with Crippen LogP contribution in [0.1, 0.15) is 44.6 Å². The molecule has 1 aliphatic heterocycles. The lowest BCUT2D eigenvalue weighted by Crippen LogP contribution is -2.44. The summed E-state index contributed by atoms with van der Waals surface area (Å²) in [6.45, 7) is 5.20. The third-order valence-electron chi connectivity index (χ3n) is 8.28. The second-order valence-corrected chi connectivity index (χ2v) is 10.9. The number of rotatable bonds is 7. The number of amides is 1. The van der Waals surface area contributed by atoms with Crippen molar-refractivity contribution in [2.45, 2.75) is 57.3 Å². The van der Waals surface area contributed by atoms with Crippen molar-refractivity contribution < 1.29 is 22.7 Å². The third kappa shape index (κ3) is 5.85. The Balaban J connectivity index is 1.36. The maximum atomic E-state index is 13.9. The standard InChI is InChI=1S/C27H36F3N7O2/c1-17(38)32-22-6-4-5-9-26(22)15-23(26)34-24-19(27(28,29)30)16-31-25(35-24)33-20-8-7-18(14-21(20)39-3)37-12-10-36(2)11-13-37/h7-8,14,16,22-23H,4-6,9-13,15H2,1-3H3,(H,32,38)(H2,31,33,34,35)/t22-,23-,26?/m1/s1. The number of likely N-dealkylation sites (N-methyl/N-ethyl adjacent to an activating group) is 1. The number of piperazine rings is 1. The highest BCUT2D eigenvalue weighted by atomic mass is 19.4. The summed E-state index contributed by atoms with van der Waals surface area (Å²) >= 11 is 0. The molecule has 3 N–H and O–H groups in total. The number of carbonyl (C=O) groups excluding carboxylic acids is 1. The largest absolute Gasteiger partial charge is 0.494 e. The number of methoxy groups -OCH3 is 1. The van der Waals surface area contributed by atoms with Gasteiger partial charge < -0.3 is 30.5 Å². The van der Waals surface area contributed by atoms with E-state index in [1.807, 2.05) is 18.2 Å². The molecular formula is C27H36F3N7O2. The number of anilines is 4. The zero-order chi connectivity index (χ0) is 27.8. The average Bonchev–Trinajstić information content (AvgIpc) is 3.57. The summed E-state index contributed by atoms with van der Waals surface area (Å²) in [6.07, 6.45) is 0.529. The molecule has 2 saturated carbocycles. The quantitative estimate of drug-likeness (QED) is 0.474. The zero-order valence-electron chi connectivity index (χ0n) is 22.6. The fourth-order valence-electron chi connectivity index (χ4n) is 5.99. The number of carbonyl (C=O) groups is 1. The molecule has 3 atom stereocenters. The second kappa shape index (κ2) is 10.7. The number of aromatic nitrogens is 2. The Labute approximate surface area is 226 Å². The molecule has 2 heterocycles. The molecule has 1 unspecified atom stereocenters. The zero-order valence-corrected chi connectivity index (χ0v) is 22.6. The highest BCUT2D eigenvalue weighted by molar-refractivity contribution is 5.73. The van der Waals surface area contributed by atoms with Gasteiger partial charge in [-0.25, -0.2) is 4.98 Å². The highest BCUT2D eigenvalue weighted by Gasteiger charge is 2.60. The van der Waals surface area contributed by atoms with Crippen molar-refractivity contribution in [3.05, 3.63) is 30.0 Å². The first-order valence-corrected chi connectivity index (χ1v) is 13.5. The van der Waals surface area contributed by atoms with E-state index in [0.29, 0.717) is 17.9 Å². The van der Waals surface area contributed by atoms with Crippen LogP contribution in [-0.4, -0.2) is 73.2 Å². The first kappa shape index (κ1) is 27.3. The van der Waals surface area contributed by atoms with Gasteiger partial charge in [-0.05, 0) is 38.4 Å². The minimum absolute atomic E-state index is 0.0351. The molecular weight excluding hydrogens is 511 g/mol. The molecule has 39 heavy (non-hydrogen) atoms. The maximum Gasteiger partial charge on any atom is 0.421 e. The molecule has 0 radical (unpaired) electrons. The fraction of sp³-hybridized carbons (Fsp3) is 0.593. The lowest BCUT2D eigenvalue weighted by molar-refractivity contribution is -0.137. The Morgan fingerprint density at radius 1 is 1.15 bits per heavy atom. The molecule has 1 spiro atoms. The van der Waals surface area contributed by atoms with Crippen LogP contribution in [0.25, 0.3) is 0 Å². The minimum Gasteiger partial charge on any atom is -0.494 e. The van der Waals surface area contributed by atoms with Gasteiger partial charge in [-0.3, -0.25) is 4.79 Å². The first-order valence-electron chi connectivity index (χ1n) is 13.5. The normalized spacial score (nSPS) is 25.3. The molecule has 2 aliphatic carbocycles. The molecule has 9 nitrogen and oxygen atoms in total. The van der Waals surface area contributed by atoms with Gasteiger partial charge in [-0.15, -0.1) is 0 Å². The van der Waals surface area contributed by atoms with Crippen LogP contribution in [0.3, 0.4) is 0 Å². The van der Waals surface area contributed by atoms with Gasteiger partial charge in [0, 0.05) is 68.6 Å². The third-order valence-corrected chi connectivity index (χ3v) is 8.28. The van der Waals surface area contributed by atoms with Crippen LogP contribution in [0.5, 0.6) is 5.75 Å². The van der Waals surface area contributed by atoms with Crippen LogP contribution in [-0.2, 0) is 11.0 Å². The number of benzene rings is 1. The van der Waals surface area contributed by atoms with E-state index in [4.69, 9.17) is 4.74 Å². The number of nitrogens with one attached hydrogen (secondary N) is 3. The lowest BCUT2D eigenvalue weighted by atomic mass is 9.80. The lowest BCUT2D eigenvalue weighted by Gasteiger charge is -2.34. The molecule has 1 aromatic heterocycles. The van der Waals surface area contributed by atoms with Gasteiger partial charge in [-0.2, -0.15) is 18.2 Å².